The Morgan fingerprint density at radius 2 is 1.67 bits per heavy atom. The Bertz CT molecular complexity index is 321. The summed E-state index contributed by atoms with van der Waals surface area (Å²) in [4.78, 5) is 0. The van der Waals surface area contributed by atoms with Gasteiger partial charge in [0.25, 0.3) is 0 Å². The normalized spacial score (nSPS) is 13.3. The lowest BCUT2D eigenvalue weighted by atomic mass is 9.95. The minimum Gasteiger partial charge on any atom is -0.324 e. The van der Waals surface area contributed by atoms with Crippen molar-refractivity contribution in [1.82, 2.24) is 0 Å². The summed E-state index contributed by atoms with van der Waals surface area (Å²) >= 11 is 6.12. The predicted octanol–water partition coefficient (Wildman–Crippen LogP) is 4.00. The highest BCUT2D eigenvalue weighted by atomic mass is 35.5. The van der Waals surface area contributed by atoms with Crippen LogP contribution in [0.2, 0.25) is 5.02 Å². The van der Waals surface area contributed by atoms with Crippen LogP contribution in [0.15, 0.2) is 12.1 Å². The lowest BCUT2D eigenvalue weighted by Crippen LogP contribution is -2.13. The van der Waals surface area contributed by atoms with Gasteiger partial charge in [0.15, 0.2) is 0 Å². The second-order valence-corrected chi connectivity index (χ2v) is 5.08. The van der Waals surface area contributed by atoms with Crippen molar-refractivity contribution < 1.29 is 0 Å². The van der Waals surface area contributed by atoms with Crippen molar-refractivity contribution in [2.45, 2.75) is 40.2 Å². The van der Waals surface area contributed by atoms with Crippen LogP contribution in [0.25, 0.3) is 0 Å². The number of aryl methyl sites for hydroxylation is 2. The van der Waals surface area contributed by atoms with Crippen LogP contribution in [0.5, 0.6) is 0 Å². The highest BCUT2D eigenvalue weighted by Gasteiger charge is 2.11. The summed E-state index contributed by atoms with van der Waals surface area (Å²) < 4.78 is 0. The Balaban J connectivity index is 2.95. The molecule has 0 spiro atoms. The summed E-state index contributed by atoms with van der Waals surface area (Å²) in [5.41, 5.74) is 9.57. The molecule has 1 unspecified atom stereocenters. The van der Waals surface area contributed by atoms with E-state index in [9.17, 15) is 0 Å². The molecular weight excluding hydrogens is 206 g/mol. The summed E-state index contributed by atoms with van der Waals surface area (Å²) in [6.45, 7) is 8.44. The zero-order valence-corrected chi connectivity index (χ0v) is 10.7. The van der Waals surface area contributed by atoms with E-state index in [4.69, 9.17) is 17.3 Å². The fourth-order valence-electron chi connectivity index (χ4n) is 1.84. The molecule has 1 aromatic carbocycles. The molecule has 0 radical (unpaired) electrons. The molecule has 84 valence electrons. The van der Waals surface area contributed by atoms with Gasteiger partial charge < -0.3 is 5.73 Å². The lowest BCUT2D eigenvalue weighted by molar-refractivity contribution is 0.509. The maximum Gasteiger partial charge on any atom is 0.0464 e. The van der Waals surface area contributed by atoms with Gasteiger partial charge in [-0.15, -0.1) is 0 Å². The van der Waals surface area contributed by atoms with Crippen LogP contribution in [-0.4, -0.2) is 0 Å². The van der Waals surface area contributed by atoms with Gasteiger partial charge in [-0.1, -0.05) is 37.6 Å². The highest BCUT2D eigenvalue weighted by molar-refractivity contribution is 6.32. The number of benzene rings is 1. The van der Waals surface area contributed by atoms with Crippen LogP contribution < -0.4 is 5.73 Å². The highest BCUT2D eigenvalue weighted by Crippen LogP contribution is 2.26. The molecule has 2 N–H and O–H groups in total. The van der Waals surface area contributed by atoms with Gasteiger partial charge >= 0.3 is 0 Å². The van der Waals surface area contributed by atoms with E-state index in [1.54, 1.807) is 0 Å². The molecule has 0 aliphatic rings. The molecule has 1 aromatic rings. The first-order chi connectivity index (χ1) is 6.91. The third kappa shape index (κ3) is 3.22. The molecule has 0 fully saturated rings. The zero-order chi connectivity index (χ0) is 11.6. The van der Waals surface area contributed by atoms with E-state index in [2.05, 4.69) is 26.0 Å². The molecule has 0 aromatic heterocycles. The van der Waals surface area contributed by atoms with Crippen molar-refractivity contribution in [1.29, 1.82) is 0 Å². The fraction of sp³-hybridized carbons (Fsp3) is 0.538. The molecule has 0 heterocycles. The average Bonchev–Trinajstić information content (AvgIpc) is 2.12. The summed E-state index contributed by atoms with van der Waals surface area (Å²) in [6.07, 6.45) is 1.01. The average molecular weight is 226 g/mol. The van der Waals surface area contributed by atoms with Crippen LogP contribution in [0.1, 0.15) is 43.0 Å². The molecule has 15 heavy (non-hydrogen) atoms. The van der Waals surface area contributed by atoms with Gasteiger partial charge in [-0.3, -0.25) is 0 Å². The SMILES string of the molecule is Cc1cc(C(N)CC(C)C)cc(C)c1Cl. The number of hydrogen-bond acceptors (Lipinski definition) is 1. The Hall–Kier alpha value is -0.530. The van der Waals surface area contributed by atoms with Gasteiger partial charge in [-0.2, -0.15) is 0 Å². The fourth-order valence-corrected chi connectivity index (χ4v) is 1.95. The van der Waals surface area contributed by atoms with E-state index in [1.165, 1.54) is 5.56 Å². The van der Waals surface area contributed by atoms with E-state index >= 15 is 0 Å². The molecule has 0 aliphatic carbocycles. The first-order valence-electron chi connectivity index (χ1n) is 5.44. The largest absolute Gasteiger partial charge is 0.324 e. The number of hydrogen-bond donors (Lipinski definition) is 1. The molecule has 0 amide bonds. The first kappa shape index (κ1) is 12.5. The molecule has 0 aliphatic heterocycles. The molecule has 1 atom stereocenters. The third-order valence-electron chi connectivity index (χ3n) is 2.61. The Kier molecular flexibility index (Phi) is 4.18. The van der Waals surface area contributed by atoms with Crippen LogP contribution >= 0.6 is 11.6 Å². The smallest absolute Gasteiger partial charge is 0.0464 e. The summed E-state index contributed by atoms with van der Waals surface area (Å²) in [6, 6.07) is 4.32. The van der Waals surface area contributed by atoms with Crippen molar-refractivity contribution in [3.05, 3.63) is 33.8 Å². The summed E-state index contributed by atoms with van der Waals surface area (Å²) in [5, 5.41) is 0.857. The van der Waals surface area contributed by atoms with E-state index in [0.717, 1.165) is 22.6 Å². The number of nitrogens with two attached hydrogens (primary N) is 1. The molecule has 2 heteroatoms. The predicted molar refractivity (Wildman–Crippen MR) is 67.3 cm³/mol. The second kappa shape index (κ2) is 5.00. The Morgan fingerprint density at radius 3 is 2.07 bits per heavy atom. The van der Waals surface area contributed by atoms with E-state index in [1.807, 2.05) is 13.8 Å². The molecule has 0 bridgehead atoms. The Morgan fingerprint density at radius 1 is 1.20 bits per heavy atom. The van der Waals surface area contributed by atoms with Crippen LogP contribution in [0.3, 0.4) is 0 Å². The number of rotatable bonds is 3. The van der Waals surface area contributed by atoms with Crippen molar-refractivity contribution >= 4 is 11.6 Å². The second-order valence-electron chi connectivity index (χ2n) is 4.70. The minimum atomic E-state index is 0.125. The first-order valence-corrected chi connectivity index (χ1v) is 5.81. The summed E-state index contributed by atoms with van der Waals surface area (Å²) in [5.74, 6) is 0.622. The van der Waals surface area contributed by atoms with Gasteiger partial charge in [-0.25, -0.2) is 0 Å². The molecule has 1 rings (SSSR count). The summed E-state index contributed by atoms with van der Waals surface area (Å²) in [7, 11) is 0. The zero-order valence-electron chi connectivity index (χ0n) is 9.97. The lowest BCUT2D eigenvalue weighted by Gasteiger charge is -2.16. The molecular formula is C13H20ClN. The van der Waals surface area contributed by atoms with Crippen LogP contribution in [0.4, 0.5) is 0 Å². The standard InChI is InChI=1S/C13H20ClN/c1-8(2)5-12(15)11-6-9(3)13(14)10(4)7-11/h6-8,12H,5,15H2,1-4H3. The van der Waals surface area contributed by atoms with Crippen molar-refractivity contribution in [2.75, 3.05) is 0 Å². The van der Waals surface area contributed by atoms with Gasteiger partial charge in [0, 0.05) is 11.1 Å². The van der Waals surface area contributed by atoms with E-state index in [0.29, 0.717) is 5.92 Å². The van der Waals surface area contributed by atoms with Crippen molar-refractivity contribution in [2.24, 2.45) is 11.7 Å². The third-order valence-corrected chi connectivity index (χ3v) is 3.21. The van der Waals surface area contributed by atoms with E-state index in [-0.39, 0.29) is 6.04 Å². The quantitative estimate of drug-likeness (QED) is 0.827. The topological polar surface area (TPSA) is 26.0 Å². The van der Waals surface area contributed by atoms with Gasteiger partial charge in [0.2, 0.25) is 0 Å². The van der Waals surface area contributed by atoms with Gasteiger partial charge in [-0.05, 0) is 42.9 Å². The maximum atomic E-state index is 6.14. The van der Waals surface area contributed by atoms with Crippen LogP contribution in [-0.2, 0) is 0 Å². The molecule has 1 nitrogen and oxygen atoms in total. The molecule has 0 saturated carbocycles. The monoisotopic (exact) mass is 225 g/mol. The van der Waals surface area contributed by atoms with Gasteiger partial charge in [0.1, 0.15) is 0 Å². The van der Waals surface area contributed by atoms with Crippen molar-refractivity contribution in [3.63, 3.8) is 0 Å². The Labute approximate surface area is 97.6 Å². The maximum absolute atomic E-state index is 6.14. The van der Waals surface area contributed by atoms with Crippen molar-refractivity contribution in [3.8, 4) is 0 Å². The van der Waals surface area contributed by atoms with E-state index < -0.39 is 0 Å². The minimum absolute atomic E-state index is 0.125. The van der Waals surface area contributed by atoms with Crippen LogP contribution in [0, 0.1) is 19.8 Å². The molecule has 0 saturated heterocycles. The van der Waals surface area contributed by atoms with Gasteiger partial charge in [0.05, 0.1) is 0 Å². The number of halogens is 1.